The molecule has 220 valence electrons. The molecule has 0 radical (unpaired) electrons. The summed E-state index contributed by atoms with van der Waals surface area (Å²) < 4.78 is 55.4. The van der Waals surface area contributed by atoms with Crippen LogP contribution in [0, 0.1) is 12.7 Å². The lowest BCUT2D eigenvalue weighted by molar-refractivity contribution is -0.206. The average Bonchev–Trinajstić information content (AvgIpc) is 3.28. The number of nitrogens with zero attached hydrogens (tertiary/aromatic N) is 2. The van der Waals surface area contributed by atoms with E-state index in [1.54, 1.807) is 31.7 Å². The van der Waals surface area contributed by atoms with Gasteiger partial charge in [-0.05, 0) is 61.4 Å². The molecule has 2 aromatic rings. The van der Waals surface area contributed by atoms with Crippen LogP contribution in [0.15, 0.2) is 23.3 Å². The summed E-state index contributed by atoms with van der Waals surface area (Å²) in [6.45, 7) is 4.93. The summed E-state index contributed by atoms with van der Waals surface area (Å²) >= 11 is 0. The third-order valence-corrected chi connectivity index (χ3v) is 9.52. The van der Waals surface area contributed by atoms with Crippen LogP contribution >= 0.6 is 0 Å². The number of ether oxygens (including phenoxy) is 2. The topological polar surface area (TPSA) is 171 Å². The largest absolute Gasteiger partial charge is 0.449 e. The van der Waals surface area contributed by atoms with E-state index < -0.39 is 46.3 Å². The number of fused-ring (bicyclic) bond motifs is 4. The van der Waals surface area contributed by atoms with Gasteiger partial charge in [0.05, 0.1) is 30.1 Å². The van der Waals surface area contributed by atoms with E-state index in [4.69, 9.17) is 14.5 Å². The molecule has 1 amide bonds. The Morgan fingerprint density at radius 1 is 1.32 bits per heavy atom. The highest BCUT2D eigenvalue weighted by atomic mass is 32.2. The van der Waals surface area contributed by atoms with Crippen molar-refractivity contribution in [3.8, 4) is 0 Å². The number of amides is 1. The summed E-state index contributed by atoms with van der Waals surface area (Å²) in [4.78, 5) is 18.3. The number of carbonyl (C=O) groups excluding carboxylic acids is 1. The Bertz CT molecular complexity index is 1660. The number of aromatic nitrogens is 1. The van der Waals surface area contributed by atoms with E-state index in [2.05, 4.69) is 4.72 Å². The minimum Gasteiger partial charge on any atom is -0.449 e. The van der Waals surface area contributed by atoms with Crippen molar-refractivity contribution in [3.05, 3.63) is 57.1 Å². The Hall–Kier alpha value is -3.14. The van der Waals surface area contributed by atoms with Crippen LogP contribution in [-0.2, 0) is 32.6 Å². The van der Waals surface area contributed by atoms with E-state index in [9.17, 15) is 28.5 Å². The molecule has 0 bridgehead atoms. The molecule has 1 aliphatic carbocycles. The third-order valence-electron chi connectivity index (χ3n) is 8.49. The zero-order valence-corrected chi connectivity index (χ0v) is 23.5. The average molecular weight is 591 g/mol. The quantitative estimate of drug-likeness (QED) is 0.344. The number of aliphatic hydroxyl groups is 3. The van der Waals surface area contributed by atoms with Gasteiger partial charge in [-0.3, -0.25) is 0 Å². The molecule has 0 saturated heterocycles. The second-order valence-corrected chi connectivity index (χ2v) is 12.1. The van der Waals surface area contributed by atoms with E-state index in [1.165, 1.54) is 6.07 Å². The maximum Gasteiger partial charge on any atom is 0.421 e. The van der Waals surface area contributed by atoms with Crippen molar-refractivity contribution in [1.82, 2.24) is 19.3 Å². The van der Waals surface area contributed by atoms with Gasteiger partial charge in [0, 0.05) is 35.2 Å². The lowest BCUT2D eigenvalue weighted by Gasteiger charge is -2.44. The molecular weight excluding hydrogens is 559 g/mol. The lowest BCUT2D eigenvalue weighted by Crippen LogP contribution is -2.52. The highest BCUT2D eigenvalue weighted by molar-refractivity contribution is 7.88. The van der Waals surface area contributed by atoms with Crippen LogP contribution in [0.4, 0.5) is 9.18 Å². The molecule has 2 unspecified atom stereocenters. The fourth-order valence-corrected chi connectivity index (χ4v) is 7.37. The highest BCUT2D eigenvalue weighted by Crippen LogP contribution is 2.49. The molecule has 4 atom stereocenters. The van der Waals surface area contributed by atoms with Gasteiger partial charge < -0.3 is 29.7 Å². The van der Waals surface area contributed by atoms with Crippen LogP contribution in [0.25, 0.3) is 16.6 Å². The number of aryl methyl sites for hydroxylation is 1. The number of carbonyl (C=O) groups is 1. The maximum absolute atomic E-state index is 15.0. The van der Waals surface area contributed by atoms with Crippen LogP contribution in [-0.4, -0.2) is 71.0 Å². The summed E-state index contributed by atoms with van der Waals surface area (Å²) in [5.41, 5.74) is 2.47. The molecule has 6 rings (SSSR count). The van der Waals surface area contributed by atoms with Crippen LogP contribution in [0.2, 0.25) is 0 Å². The molecule has 12 nitrogen and oxygen atoms in total. The van der Waals surface area contributed by atoms with Gasteiger partial charge in [-0.2, -0.15) is 13.1 Å². The van der Waals surface area contributed by atoms with Crippen molar-refractivity contribution >= 4 is 32.9 Å². The van der Waals surface area contributed by atoms with E-state index >= 15 is 4.39 Å². The van der Waals surface area contributed by atoms with Crippen molar-refractivity contribution in [1.29, 1.82) is 0 Å². The first-order valence-electron chi connectivity index (χ1n) is 13.4. The van der Waals surface area contributed by atoms with Crippen LogP contribution in [0.1, 0.15) is 60.7 Å². The second kappa shape index (κ2) is 9.71. The molecule has 5 N–H and O–H groups in total. The van der Waals surface area contributed by atoms with E-state index in [1.807, 2.05) is 4.72 Å². The SMILES string of the molecule is CCOC(=O)NS(=O)(=O)N[C@H]1CCc2c(C)c(F)cc3nc4c(c1c23)CN1C4=CC2=C(COC(O)[C@]2(O)CC)C1O. The van der Waals surface area contributed by atoms with Gasteiger partial charge in [-0.25, -0.2) is 18.9 Å². The molecule has 41 heavy (non-hydrogen) atoms. The maximum atomic E-state index is 15.0. The Morgan fingerprint density at radius 2 is 2.07 bits per heavy atom. The summed E-state index contributed by atoms with van der Waals surface area (Å²) in [7, 11) is -4.35. The molecule has 4 aliphatic rings. The van der Waals surface area contributed by atoms with Gasteiger partial charge in [0.15, 0.2) is 12.5 Å². The fourth-order valence-electron chi connectivity index (χ4n) is 6.43. The number of nitrogens with one attached hydrogen (secondary N) is 2. The number of halogens is 1. The molecular formula is C27H31FN4O8S. The zero-order valence-electron chi connectivity index (χ0n) is 22.7. The van der Waals surface area contributed by atoms with Gasteiger partial charge >= 0.3 is 16.3 Å². The summed E-state index contributed by atoms with van der Waals surface area (Å²) in [6.07, 6.45) is -1.43. The van der Waals surface area contributed by atoms with Crippen LogP contribution in [0.5, 0.6) is 0 Å². The molecule has 0 saturated carbocycles. The first kappa shape index (κ1) is 28.0. The van der Waals surface area contributed by atoms with Crippen LogP contribution < -0.4 is 9.44 Å². The Kier molecular flexibility index (Phi) is 6.63. The monoisotopic (exact) mass is 590 g/mol. The van der Waals surface area contributed by atoms with Crippen molar-refractivity contribution in [2.45, 2.75) is 70.7 Å². The Balaban J connectivity index is 1.53. The number of hydrogen-bond donors (Lipinski definition) is 5. The molecule has 4 heterocycles. The van der Waals surface area contributed by atoms with Crippen molar-refractivity contribution in [2.24, 2.45) is 0 Å². The highest BCUT2D eigenvalue weighted by Gasteiger charge is 2.49. The van der Waals surface area contributed by atoms with Gasteiger partial charge in [0.1, 0.15) is 11.4 Å². The fraction of sp³-hybridized carbons (Fsp3) is 0.481. The van der Waals surface area contributed by atoms with E-state index in [0.717, 1.165) is 0 Å². The smallest absolute Gasteiger partial charge is 0.421 e. The summed E-state index contributed by atoms with van der Waals surface area (Å²) in [6, 6.07) is 0.498. The van der Waals surface area contributed by atoms with Crippen LogP contribution in [0.3, 0.4) is 0 Å². The predicted octanol–water partition coefficient (Wildman–Crippen LogP) is 1.52. The Morgan fingerprint density at radius 3 is 2.78 bits per heavy atom. The predicted molar refractivity (Wildman–Crippen MR) is 143 cm³/mol. The summed E-state index contributed by atoms with van der Waals surface area (Å²) in [5, 5.41) is 33.8. The van der Waals surface area contributed by atoms with Crippen molar-refractivity contribution in [3.63, 3.8) is 0 Å². The van der Waals surface area contributed by atoms with Crippen molar-refractivity contribution < 1.29 is 42.4 Å². The third kappa shape index (κ3) is 4.23. The van der Waals surface area contributed by atoms with Gasteiger partial charge in [0.2, 0.25) is 0 Å². The molecule has 14 heteroatoms. The van der Waals surface area contributed by atoms with Gasteiger partial charge in [-0.1, -0.05) is 6.92 Å². The summed E-state index contributed by atoms with van der Waals surface area (Å²) in [5.74, 6) is -0.445. The number of pyridine rings is 1. The normalized spacial score (nSPS) is 26.9. The molecule has 0 spiro atoms. The zero-order chi connectivity index (χ0) is 29.4. The minimum atomic E-state index is -4.35. The van der Waals surface area contributed by atoms with Gasteiger partial charge in [-0.15, -0.1) is 0 Å². The molecule has 1 aromatic heterocycles. The van der Waals surface area contributed by atoms with Crippen molar-refractivity contribution in [2.75, 3.05) is 13.2 Å². The molecule has 3 aliphatic heterocycles. The molecule has 0 fully saturated rings. The lowest BCUT2D eigenvalue weighted by atomic mass is 9.81. The standard InChI is InChI=1S/C27H31FN4O8S/c1-4-27(36)16-8-20-23-14(10-32(20)24(33)15(16)11-40-25(27)34)22-18(30-41(37,38)31-26(35)39-5-2)7-6-13-12(3)17(28)9-19(29-23)21(13)22/h8-9,18,24-25,30,33-34,36H,4-7,10-11H2,1-3H3,(H,31,35)/t18-,24?,25?,27-/m0/s1. The molecule has 1 aromatic carbocycles. The Labute approximate surface area is 235 Å². The number of benzene rings is 1. The number of aliphatic hydroxyl groups excluding tert-OH is 2. The van der Waals surface area contributed by atoms with E-state index in [0.29, 0.717) is 62.1 Å². The number of rotatable bonds is 5. The minimum absolute atomic E-state index is 0.0119. The first-order chi connectivity index (χ1) is 19.4. The van der Waals surface area contributed by atoms with E-state index in [-0.39, 0.29) is 32.6 Å². The number of hydrogen-bond acceptors (Lipinski definition) is 10. The second-order valence-electron chi connectivity index (χ2n) is 10.7. The first-order valence-corrected chi connectivity index (χ1v) is 14.9. The van der Waals surface area contributed by atoms with Gasteiger partial charge in [0.25, 0.3) is 0 Å².